The summed E-state index contributed by atoms with van der Waals surface area (Å²) in [5.74, 6) is 5.69. The number of hydrogen-bond donors (Lipinski definition) is 9. The van der Waals surface area contributed by atoms with Crippen LogP contribution >= 0.6 is 90.7 Å². The molecule has 0 fully saturated rings. The van der Waals surface area contributed by atoms with Crippen LogP contribution in [0.5, 0.6) is 0 Å². The van der Waals surface area contributed by atoms with Crippen molar-refractivity contribution in [3.05, 3.63) is 277 Å². The predicted molar refractivity (Wildman–Crippen MR) is 505 cm³/mol. The number of carbonyl (C=O) groups excluding carboxylic acids is 7. The van der Waals surface area contributed by atoms with Gasteiger partial charge in [-0.1, -0.05) is 78.5 Å². The van der Waals surface area contributed by atoms with Crippen molar-refractivity contribution in [3.63, 3.8) is 0 Å². The number of rotatable bonds is 21. The summed E-state index contributed by atoms with van der Waals surface area (Å²) in [5, 5.41) is 74.2. The number of nitrogens with one attached hydrogen (secondary N) is 9. The molecular weight excluding hydrogens is 1750 g/mol. The maximum Gasteiger partial charge on any atom is 0.293 e. The number of thiophene rings is 8. The van der Waals surface area contributed by atoms with Crippen molar-refractivity contribution in [2.75, 3.05) is 37.2 Å². The third kappa shape index (κ3) is 24.6. The number of H-pyrrole nitrogens is 2. The molecule has 0 aliphatic heterocycles. The molecule has 14 aromatic heterocycles. The van der Waals surface area contributed by atoms with Crippen LogP contribution in [0.25, 0.3) is 0 Å². The number of furan rings is 4. The average Bonchev–Trinajstić information content (AvgIpc) is 1.71. The predicted octanol–water partition coefficient (Wildman–Crippen LogP) is 23.5. The van der Waals surface area contributed by atoms with Crippen molar-refractivity contribution in [1.29, 1.82) is 26.3 Å². The van der Waals surface area contributed by atoms with E-state index in [1.54, 1.807) is 92.2 Å². The highest BCUT2D eigenvalue weighted by Gasteiger charge is 2.26. The van der Waals surface area contributed by atoms with Crippen molar-refractivity contribution in [2.24, 2.45) is 0 Å². The summed E-state index contributed by atoms with van der Waals surface area (Å²) in [4.78, 5) is 96.6. The number of carbonyl (C=O) groups is 7. The zero-order valence-corrected chi connectivity index (χ0v) is 77.8. The molecule has 7 amide bonds. The summed E-state index contributed by atoms with van der Waals surface area (Å²) < 4.78 is 20.7. The number of nitriles is 5. The van der Waals surface area contributed by atoms with Crippen LogP contribution in [0, 0.1) is 130 Å². The number of hydrogen-bond acceptors (Lipinski definition) is 24. The van der Waals surface area contributed by atoms with Crippen molar-refractivity contribution < 1.29 is 51.2 Å². The van der Waals surface area contributed by atoms with E-state index in [1.165, 1.54) is 109 Å². The maximum atomic E-state index is 12.0. The lowest BCUT2D eigenvalue weighted by molar-refractivity contribution is 0.0986. The smallest absolute Gasteiger partial charge is 0.293 e. The third-order valence-corrected chi connectivity index (χ3v) is 26.7. The summed E-state index contributed by atoms with van der Waals surface area (Å²) in [6, 6.07) is 34.8. The lowest BCUT2D eigenvalue weighted by Gasteiger charge is -2.02. The monoisotopic (exact) mass is 1830 g/mol. The SMILES string of the molecule is C#Cc1c(NC(=O)c2ccc[nH]2)sc(C)c1CC.C#Cc1c(NC(=O)c2cccs2)sc(C)c1CC.CCc1c(C)oc(NC(=O)c2ccco2)c1C#N.CCc1c(C)oc(NC(=O)c2ccco2)c1C#N.CCc1c(C)sc(NC(=O)c2ccc[nH]2)c1C#N.CCc1c(C)sc(NC(=O)c2cccs2)c1C#N.CCc1c(C)sc(NC(=O)c2cccs2)c1C#N. The van der Waals surface area contributed by atoms with E-state index in [0.29, 0.717) is 93.2 Å². The fourth-order valence-corrected chi connectivity index (χ4v) is 20.0. The Kier molecular flexibility index (Phi) is 36.9. The van der Waals surface area contributed by atoms with Gasteiger partial charge in [-0.3, -0.25) is 44.2 Å². The van der Waals surface area contributed by atoms with Crippen molar-refractivity contribution >= 4 is 169 Å². The van der Waals surface area contributed by atoms with Gasteiger partial charge in [0.2, 0.25) is 11.8 Å². The fraction of sp³-hybridized carbons (Fsp3) is 0.226. The minimum atomic E-state index is -0.437. The number of anilines is 7. The highest BCUT2D eigenvalue weighted by molar-refractivity contribution is 7.18. The average molecular weight is 1830 g/mol. The van der Waals surface area contributed by atoms with Gasteiger partial charge < -0.3 is 54.2 Å². The van der Waals surface area contributed by atoms with E-state index in [-0.39, 0.29) is 52.8 Å². The molecule has 0 radical (unpaired) electrons. The molecule has 9 N–H and O–H groups in total. The van der Waals surface area contributed by atoms with Gasteiger partial charge in [-0.15, -0.1) is 104 Å². The number of terminal acetylenes is 2. The molecule has 14 rings (SSSR count). The first kappa shape index (κ1) is 97.6. The number of amides is 7. The molecule has 25 nitrogen and oxygen atoms in total. The van der Waals surface area contributed by atoms with Gasteiger partial charge in [0, 0.05) is 47.9 Å². The number of aryl methyl sites for hydroxylation is 7. The molecule has 14 heterocycles. The second-order valence-electron chi connectivity index (χ2n) is 26.4. The second kappa shape index (κ2) is 47.7. The van der Waals surface area contributed by atoms with Crippen LogP contribution in [0.4, 0.5) is 36.8 Å². The van der Waals surface area contributed by atoms with Crippen LogP contribution in [-0.4, -0.2) is 51.3 Å². The molecule has 644 valence electrons. The summed E-state index contributed by atoms with van der Waals surface area (Å²) in [6.07, 6.45) is 22.8. The van der Waals surface area contributed by atoms with Gasteiger partial charge in [0.15, 0.2) is 11.5 Å². The first-order valence-electron chi connectivity index (χ1n) is 39.1. The standard InChI is InChI=1S/C14H14N2OS.C14H13NOS2.C13H13N3OS.2C13H12N2O3.2C13H12N2OS2/c1-4-10-9(3)18-14(11(10)5-2)16-13(17)12-7-6-8-15-12;1-4-10-9(3)18-14(11(10)5-2)15-13(16)12-7-6-8-17-12;1-3-9-8(2)18-13(10(9)7-14)16-12(17)11-5-4-6-15-11;4*1-3-9-8(2)18-13(10(9)7-14)15-12(16)11-5-4-6-17-11/h2,6-8,15H,4H2,1,3H3,(H,16,17);2,6-8H,4H2,1,3H3,(H,15,16);4-6,15H,3H2,1-2H3,(H,16,17);4*4-6H,3H2,1-2H3,(H,15,16). The highest BCUT2D eigenvalue weighted by Crippen LogP contribution is 2.39. The lowest BCUT2D eigenvalue weighted by Crippen LogP contribution is -2.12. The Morgan fingerprint density at radius 3 is 0.825 bits per heavy atom. The van der Waals surface area contributed by atoms with E-state index >= 15 is 0 Å². The largest absolute Gasteiger partial charge is 0.459 e. The Hall–Kier alpha value is -13.9. The van der Waals surface area contributed by atoms with Crippen molar-refractivity contribution in [1.82, 2.24) is 9.97 Å². The molecule has 126 heavy (non-hydrogen) atoms. The number of aromatic nitrogens is 2. The molecule has 0 saturated carbocycles. The van der Waals surface area contributed by atoms with E-state index in [9.17, 15) is 49.3 Å². The molecule has 0 saturated heterocycles. The van der Waals surface area contributed by atoms with Gasteiger partial charge in [0.25, 0.3) is 41.4 Å². The van der Waals surface area contributed by atoms with Crippen LogP contribution in [0.1, 0.15) is 233 Å². The third-order valence-electron chi connectivity index (χ3n) is 18.8. The second-order valence-corrected chi connectivity index (χ2v) is 35.4. The Balaban J connectivity index is 0.000000182. The number of aromatic amines is 2. The van der Waals surface area contributed by atoms with E-state index in [4.69, 9.17) is 41.0 Å². The highest BCUT2D eigenvalue weighted by atomic mass is 32.1. The van der Waals surface area contributed by atoms with Crippen LogP contribution in [0.15, 0.2) is 144 Å². The van der Waals surface area contributed by atoms with Crippen LogP contribution in [0.3, 0.4) is 0 Å². The van der Waals surface area contributed by atoms with Crippen molar-refractivity contribution in [2.45, 2.75) is 142 Å². The van der Waals surface area contributed by atoms with E-state index in [1.807, 2.05) is 116 Å². The minimum absolute atomic E-state index is 0.0922. The fourth-order valence-electron chi connectivity index (χ4n) is 12.7. The normalized spacial score (nSPS) is 10.1. The Morgan fingerprint density at radius 2 is 0.603 bits per heavy atom. The zero-order valence-electron chi connectivity index (χ0n) is 71.2. The Labute approximate surface area is 761 Å². The molecule has 33 heteroatoms. The molecule has 0 atom stereocenters. The van der Waals surface area contributed by atoms with Crippen LogP contribution < -0.4 is 37.2 Å². The first-order chi connectivity index (χ1) is 60.7. The van der Waals surface area contributed by atoms with Gasteiger partial charge in [-0.25, -0.2) is 0 Å². The Morgan fingerprint density at radius 1 is 0.333 bits per heavy atom. The minimum Gasteiger partial charge on any atom is -0.459 e. The quantitative estimate of drug-likeness (QED) is 0.0302. The van der Waals surface area contributed by atoms with Gasteiger partial charge >= 0.3 is 0 Å². The molecule has 0 unspecified atom stereocenters. The summed E-state index contributed by atoms with van der Waals surface area (Å²) in [6.45, 7) is 27.5. The van der Waals surface area contributed by atoms with Crippen LogP contribution in [0.2, 0.25) is 0 Å². The summed E-state index contributed by atoms with van der Waals surface area (Å²) in [7, 11) is 0. The molecular formula is C93H88N14O11S8. The molecule has 0 aliphatic rings. The maximum absolute atomic E-state index is 12.0. The summed E-state index contributed by atoms with van der Waals surface area (Å²) in [5.41, 5.74) is 12.2. The molecule has 0 aliphatic carbocycles. The molecule has 0 bridgehead atoms. The Bertz CT molecular complexity index is 5320. The van der Waals surface area contributed by atoms with E-state index in [2.05, 4.69) is 91.1 Å². The van der Waals surface area contributed by atoms with Crippen LogP contribution in [-0.2, 0) is 44.9 Å². The summed E-state index contributed by atoms with van der Waals surface area (Å²) >= 11 is 11.7. The lowest BCUT2D eigenvalue weighted by atomic mass is 10.1. The van der Waals surface area contributed by atoms with E-state index < -0.39 is 11.8 Å². The van der Waals surface area contributed by atoms with Gasteiger partial charge in [-0.05, 0) is 204 Å². The van der Waals surface area contributed by atoms with E-state index in [0.717, 1.165) is 112 Å². The van der Waals surface area contributed by atoms with Gasteiger partial charge in [0.05, 0.1) is 55.0 Å². The molecule has 14 aromatic rings. The zero-order chi connectivity index (χ0) is 91.8. The topological polar surface area (TPSA) is 407 Å². The molecule has 0 aromatic carbocycles. The number of nitrogens with zero attached hydrogens (tertiary/aromatic N) is 5. The van der Waals surface area contributed by atoms with Crippen molar-refractivity contribution in [3.8, 4) is 55.0 Å². The first-order valence-corrected chi connectivity index (χ1v) is 45.8. The van der Waals surface area contributed by atoms with Gasteiger partial charge in [-0.2, -0.15) is 26.3 Å². The van der Waals surface area contributed by atoms with Gasteiger partial charge in [0.1, 0.15) is 89.4 Å². The molecule has 0 spiro atoms.